The van der Waals surface area contributed by atoms with Crippen LogP contribution in [0.4, 0.5) is 0 Å². The van der Waals surface area contributed by atoms with Gasteiger partial charge in [-0.2, -0.15) is 0 Å². The first kappa shape index (κ1) is 11.9. The van der Waals surface area contributed by atoms with Crippen molar-refractivity contribution in [1.82, 2.24) is 0 Å². The summed E-state index contributed by atoms with van der Waals surface area (Å²) in [5.74, 6) is 0.509. The van der Waals surface area contributed by atoms with E-state index in [0.717, 1.165) is 5.75 Å². The lowest BCUT2D eigenvalue weighted by atomic mass is 10.4. The molecule has 3 heteroatoms. The van der Waals surface area contributed by atoms with Crippen LogP contribution in [0.5, 0.6) is 0 Å². The van der Waals surface area contributed by atoms with E-state index in [9.17, 15) is 4.79 Å². The van der Waals surface area contributed by atoms with Gasteiger partial charge in [0.1, 0.15) is 0 Å². The van der Waals surface area contributed by atoms with Crippen LogP contribution in [-0.4, -0.2) is 18.3 Å². The van der Waals surface area contributed by atoms with E-state index in [4.69, 9.17) is 4.74 Å². The molecule has 2 nitrogen and oxygen atoms in total. The molecular formula is C12H14O2S. The molecule has 80 valence electrons. The van der Waals surface area contributed by atoms with Gasteiger partial charge < -0.3 is 4.74 Å². The molecule has 0 amide bonds. The van der Waals surface area contributed by atoms with Crippen LogP contribution >= 0.6 is 11.8 Å². The van der Waals surface area contributed by atoms with E-state index >= 15 is 0 Å². The maximum Gasteiger partial charge on any atom is 0.330 e. The molecule has 0 radical (unpaired) electrons. The molecule has 15 heavy (non-hydrogen) atoms. The lowest BCUT2D eigenvalue weighted by Gasteiger charge is -1.96. The lowest BCUT2D eigenvalue weighted by Crippen LogP contribution is -1.98. The van der Waals surface area contributed by atoms with Crippen LogP contribution < -0.4 is 0 Å². The second-order valence-electron chi connectivity index (χ2n) is 2.78. The molecule has 0 aliphatic carbocycles. The minimum absolute atomic E-state index is 0.272. The molecular weight excluding hydrogens is 208 g/mol. The van der Waals surface area contributed by atoms with Crippen molar-refractivity contribution in [3.63, 3.8) is 0 Å². The Bertz CT molecular complexity index is 320. The zero-order valence-electron chi connectivity index (χ0n) is 8.68. The fourth-order valence-corrected chi connectivity index (χ4v) is 1.73. The van der Waals surface area contributed by atoms with Crippen LogP contribution in [0.25, 0.3) is 0 Å². The molecule has 0 aliphatic rings. The Hall–Kier alpha value is -1.22. The minimum Gasteiger partial charge on any atom is -0.463 e. The summed E-state index contributed by atoms with van der Waals surface area (Å²) in [5.41, 5.74) is 0. The second kappa shape index (κ2) is 7.12. The molecule has 0 unspecified atom stereocenters. The lowest BCUT2D eigenvalue weighted by molar-refractivity contribution is -0.137. The fourth-order valence-electron chi connectivity index (χ4n) is 0.996. The Morgan fingerprint density at radius 1 is 1.40 bits per heavy atom. The summed E-state index contributed by atoms with van der Waals surface area (Å²) in [7, 11) is 0. The van der Waals surface area contributed by atoms with Gasteiger partial charge in [0.05, 0.1) is 6.61 Å². The molecule has 0 saturated heterocycles. The number of ether oxygens (including phenoxy) is 1. The van der Waals surface area contributed by atoms with Crippen LogP contribution in [0.2, 0.25) is 0 Å². The largest absolute Gasteiger partial charge is 0.463 e. The second-order valence-corrected chi connectivity index (χ2v) is 3.87. The summed E-state index contributed by atoms with van der Waals surface area (Å²) in [4.78, 5) is 12.1. The predicted octanol–water partition coefficient (Wildman–Crippen LogP) is 2.90. The highest BCUT2D eigenvalue weighted by Gasteiger charge is 1.93. The fraction of sp³-hybridized carbons (Fsp3) is 0.250. The first-order valence-corrected chi connectivity index (χ1v) is 5.82. The van der Waals surface area contributed by atoms with Gasteiger partial charge in [0.25, 0.3) is 0 Å². The van der Waals surface area contributed by atoms with Crippen molar-refractivity contribution < 1.29 is 9.53 Å². The molecule has 0 aromatic heterocycles. The van der Waals surface area contributed by atoms with E-state index in [1.54, 1.807) is 18.7 Å². The maximum atomic E-state index is 10.9. The predicted molar refractivity (Wildman–Crippen MR) is 62.9 cm³/mol. The Kier molecular flexibility index (Phi) is 5.63. The van der Waals surface area contributed by atoms with Gasteiger partial charge in [-0.15, -0.1) is 11.8 Å². The Labute approximate surface area is 94.3 Å². The SMILES string of the molecule is CCOC(=O)/C=C/CSc1ccccc1. The topological polar surface area (TPSA) is 26.3 Å². The maximum absolute atomic E-state index is 10.9. The number of hydrogen-bond donors (Lipinski definition) is 0. The standard InChI is InChI=1S/C12H14O2S/c1-2-14-12(13)9-6-10-15-11-7-4-3-5-8-11/h3-9H,2,10H2,1H3/b9-6+. The van der Waals surface area contributed by atoms with E-state index in [2.05, 4.69) is 0 Å². The minimum atomic E-state index is -0.272. The molecule has 0 N–H and O–H groups in total. The Morgan fingerprint density at radius 3 is 2.80 bits per heavy atom. The highest BCUT2D eigenvalue weighted by molar-refractivity contribution is 7.99. The van der Waals surface area contributed by atoms with Crippen LogP contribution in [0.3, 0.4) is 0 Å². The van der Waals surface area contributed by atoms with Gasteiger partial charge in [-0.1, -0.05) is 24.3 Å². The quantitative estimate of drug-likeness (QED) is 0.435. The molecule has 1 rings (SSSR count). The molecule has 0 atom stereocenters. The molecule has 1 aromatic carbocycles. The first-order chi connectivity index (χ1) is 7.33. The van der Waals surface area contributed by atoms with Crippen molar-refractivity contribution in [2.24, 2.45) is 0 Å². The normalized spacial score (nSPS) is 10.5. The molecule has 0 saturated carbocycles. The highest BCUT2D eigenvalue weighted by Crippen LogP contribution is 2.16. The van der Waals surface area contributed by atoms with Gasteiger partial charge in [-0.3, -0.25) is 0 Å². The van der Waals surface area contributed by atoms with Gasteiger partial charge in [0.2, 0.25) is 0 Å². The number of esters is 1. The van der Waals surface area contributed by atoms with Gasteiger partial charge in [0, 0.05) is 16.7 Å². The van der Waals surface area contributed by atoms with Gasteiger partial charge in [-0.25, -0.2) is 4.79 Å². The van der Waals surface area contributed by atoms with Crippen LogP contribution in [0.1, 0.15) is 6.92 Å². The van der Waals surface area contributed by atoms with Crippen molar-refractivity contribution in [1.29, 1.82) is 0 Å². The molecule has 0 aliphatic heterocycles. The number of hydrogen-bond acceptors (Lipinski definition) is 3. The molecule has 0 fully saturated rings. The van der Waals surface area contributed by atoms with Crippen molar-refractivity contribution >= 4 is 17.7 Å². The third-order valence-corrected chi connectivity index (χ3v) is 2.59. The molecule has 0 spiro atoms. The average Bonchev–Trinajstić information content (AvgIpc) is 2.26. The van der Waals surface area contributed by atoms with E-state index in [0.29, 0.717) is 6.61 Å². The number of carbonyl (C=O) groups is 1. The zero-order valence-corrected chi connectivity index (χ0v) is 9.50. The van der Waals surface area contributed by atoms with Crippen LogP contribution in [0.15, 0.2) is 47.4 Å². The van der Waals surface area contributed by atoms with E-state index in [1.165, 1.54) is 11.0 Å². The summed E-state index contributed by atoms with van der Waals surface area (Å²) in [6, 6.07) is 10.1. The van der Waals surface area contributed by atoms with Crippen LogP contribution in [-0.2, 0) is 9.53 Å². The average molecular weight is 222 g/mol. The summed E-state index contributed by atoms with van der Waals surface area (Å²) in [6.07, 6.45) is 3.29. The first-order valence-electron chi connectivity index (χ1n) is 4.84. The third kappa shape index (κ3) is 5.27. The van der Waals surface area contributed by atoms with Gasteiger partial charge in [0.15, 0.2) is 0 Å². The van der Waals surface area contributed by atoms with Crippen molar-refractivity contribution in [3.05, 3.63) is 42.5 Å². The number of benzene rings is 1. The van der Waals surface area contributed by atoms with E-state index < -0.39 is 0 Å². The summed E-state index contributed by atoms with van der Waals surface area (Å²) in [6.45, 7) is 2.22. The zero-order chi connectivity index (χ0) is 10.9. The van der Waals surface area contributed by atoms with Gasteiger partial charge in [-0.05, 0) is 19.1 Å². The monoisotopic (exact) mass is 222 g/mol. The van der Waals surface area contributed by atoms with Crippen molar-refractivity contribution in [2.45, 2.75) is 11.8 Å². The summed E-state index contributed by atoms with van der Waals surface area (Å²) < 4.78 is 4.76. The van der Waals surface area contributed by atoms with Crippen molar-refractivity contribution in [2.75, 3.05) is 12.4 Å². The summed E-state index contributed by atoms with van der Waals surface area (Å²) in [5, 5.41) is 0. The van der Waals surface area contributed by atoms with Crippen molar-refractivity contribution in [3.8, 4) is 0 Å². The number of thioether (sulfide) groups is 1. The Morgan fingerprint density at radius 2 is 2.13 bits per heavy atom. The molecule has 1 aromatic rings. The third-order valence-electron chi connectivity index (χ3n) is 1.63. The van der Waals surface area contributed by atoms with Gasteiger partial charge >= 0.3 is 5.97 Å². The number of rotatable bonds is 5. The molecule has 0 heterocycles. The van der Waals surface area contributed by atoms with Crippen LogP contribution in [0, 0.1) is 0 Å². The number of carbonyl (C=O) groups excluding carboxylic acids is 1. The molecule has 0 bridgehead atoms. The van der Waals surface area contributed by atoms with E-state index in [-0.39, 0.29) is 5.97 Å². The highest BCUT2D eigenvalue weighted by atomic mass is 32.2. The smallest absolute Gasteiger partial charge is 0.330 e. The van der Waals surface area contributed by atoms with E-state index in [1.807, 2.05) is 36.4 Å². The Balaban J connectivity index is 2.24. The summed E-state index contributed by atoms with van der Waals surface area (Å²) >= 11 is 1.69.